The van der Waals surface area contributed by atoms with Gasteiger partial charge in [0, 0.05) is 19.2 Å². The predicted octanol–water partition coefficient (Wildman–Crippen LogP) is 2.65. The number of anilines is 1. The van der Waals surface area contributed by atoms with Gasteiger partial charge in [-0.05, 0) is 48.4 Å². The molecule has 1 heterocycles. The van der Waals surface area contributed by atoms with Crippen LogP contribution < -0.4 is 15.0 Å². The summed E-state index contributed by atoms with van der Waals surface area (Å²) in [5, 5.41) is 2.66. The highest BCUT2D eigenvalue weighted by Gasteiger charge is 2.32. The molecule has 2 aromatic rings. The standard InChI is InChI=1S/C19H19FN2O3/c1-13(23)21-18-10-11-22(19(18)24)16-6-8-17(9-7-16)25-12-14-2-4-15(20)5-3-14/h2-9,18H,10-12H2,1H3,(H,21,23)/t18-/m0/s1. The van der Waals surface area contributed by atoms with Crippen LogP contribution in [0.3, 0.4) is 0 Å². The van der Waals surface area contributed by atoms with Crippen LogP contribution in [0.4, 0.5) is 10.1 Å². The Labute approximate surface area is 145 Å². The number of halogens is 1. The molecule has 2 aromatic carbocycles. The molecule has 6 heteroatoms. The molecule has 0 aromatic heterocycles. The molecule has 1 N–H and O–H groups in total. The van der Waals surface area contributed by atoms with E-state index < -0.39 is 6.04 Å². The van der Waals surface area contributed by atoms with Gasteiger partial charge < -0.3 is 15.0 Å². The fraction of sp³-hybridized carbons (Fsp3) is 0.263. The number of hydrogen-bond donors (Lipinski definition) is 1. The van der Waals surface area contributed by atoms with Crippen molar-refractivity contribution in [2.45, 2.75) is 26.0 Å². The number of amides is 2. The van der Waals surface area contributed by atoms with Gasteiger partial charge in [-0.1, -0.05) is 12.1 Å². The highest BCUT2D eigenvalue weighted by Crippen LogP contribution is 2.24. The number of benzene rings is 2. The Kier molecular flexibility index (Phi) is 4.97. The first-order valence-corrected chi connectivity index (χ1v) is 8.09. The molecule has 2 amide bonds. The summed E-state index contributed by atoms with van der Waals surface area (Å²) < 4.78 is 18.5. The quantitative estimate of drug-likeness (QED) is 0.909. The first-order valence-electron chi connectivity index (χ1n) is 8.09. The molecule has 25 heavy (non-hydrogen) atoms. The van der Waals surface area contributed by atoms with E-state index in [-0.39, 0.29) is 17.6 Å². The molecular formula is C19H19FN2O3. The average Bonchev–Trinajstić information content (AvgIpc) is 2.95. The molecule has 0 saturated carbocycles. The van der Waals surface area contributed by atoms with Crippen molar-refractivity contribution in [1.82, 2.24) is 5.32 Å². The summed E-state index contributed by atoms with van der Waals surface area (Å²) >= 11 is 0. The van der Waals surface area contributed by atoms with Gasteiger partial charge in [0.2, 0.25) is 11.8 Å². The maximum atomic E-state index is 12.9. The smallest absolute Gasteiger partial charge is 0.249 e. The van der Waals surface area contributed by atoms with Crippen LogP contribution in [0.2, 0.25) is 0 Å². The number of nitrogens with one attached hydrogen (secondary N) is 1. The van der Waals surface area contributed by atoms with Gasteiger partial charge >= 0.3 is 0 Å². The molecule has 1 aliphatic heterocycles. The lowest BCUT2D eigenvalue weighted by atomic mass is 10.2. The Morgan fingerprint density at radius 3 is 2.52 bits per heavy atom. The maximum absolute atomic E-state index is 12.9. The van der Waals surface area contributed by atoms with E-state index in [0.717, 1.165) is 11.3 Å². The van der Waals surface area contributed by atoms with E-state index in [1.807, 2.05) is 12.1 Å². The minimum Gasteiger partial charge on any atom is -0.489 e. The van der Waals surface area contributed by atoms with Crippen molar-refractivity contribution in [3.05, 3.63) is 59.9 Å². The Bertz CT molecular complexity index is 759. The first kappa shape index (κ1) is 17.0. The van der Waals surface area contributed by atoms with Gasteiger partial charge in [0.15, 0.2) is 0 Å². The Morgan fingerprint density at radius 2 is 1.88 bits per heavy atom. The van der Waals surface area contributed by atoms with Gasteiger partial charge in [-0.25, -0.2) is 4.39 Å². The highest BCUT2D eigenvalue weighted by atomic mass is 19.1. The van der Waals surface area contributed by atoms with Crippen molar-refractivity contribution in [3.8, 4) is 5.75 Å². The third-order valence-electron chi connectivity index (χ3n) is 4.05. The Hall–Kier alpha value is -2.89. The van der Waals surface area contributed by atoms with Gasteiger partial charge in [-0.2, -0.15) is 0 Å². The normalized spacial score (nSPS) is 16.8. The third kappa shape index (κ3) is 4.15. The van der Waals surface area contributed by atoms with Gasteiger partial charge in [0.1, 0.15) is 24.2 Å². The highest BCUT2D eigenvalue weighted by molar-refractivity contribution is 6.01. The van der Waals surface area contributed by atoms with Crippen molar-refractivity contribution in [3.63, 3.8) is 0 Å². The van der Waals surface area contributed by atoms with Crippen LogP contribution in [0.1, 0.15) is 18.9 Å². The van der Waals surface area contributed by atoms with E-state index in [1.54, 1.807) is 29.2 Å². The fourth-order valence-electron chi connectivity index (χ4n) is 2.79. The van der Waals surface area contributed by atoms with Crippen LogP contribution in [0, 0.1) is 5.82 Å². The monoisotopic (exact) mass is 342 g/mol. The molecule has 0 spiro atoms. The molecule has 1 fully saturated rings. The van der Waals surface area contributed by atoms with E-state index in [2.05, 4.69) is 5.32 Å². The van der Waals surface area contributed by atoms with E-state index in [4.69, 9.17) is 4.74 Å². The lowest BCUT2D eigenvalue weighted by Gasteiger charge is -2.17. The molecular weight excluding hydrogens is 323 g/mol. The Balaban J connectivity index is 1.59. The molecule has 0 unspecified atom stereocenters. The summed E-state index contributed by atoms with van der Waals surface area (Å²) in [6.45, 7) is 2.32. The summed E-state index contributed by atoms with van der Waals surface area (Å²) in [5.74, 6) is 0.0824. The van der Waals surface area contributed by atoms with Crippen LogP contribution in [0.5, 0.6) is 5.75 Å². The molecule has 0 aliphatic carbocycles. The van der Waals surface area contributed by atoms with Crippen molar-refractivity contribution in [1.29, 1.82) is 0 Å². The average molecular weight is 342 g/mol. The van der Waals surface area contributed by atoms with E-state index in [9.17, 15) is 14.0 Å². The van der Waals surface area contributed by atoms with E-state index >= 15 is 0 Å². The number of carbonyl (C=O) groups is 2. The van der Waals surface area contributed by atoms with E-state index in [0.29, 0.717) is 25.3 Å². The summed E-state index contributed by atoms with van der Waals surface area (Å²) in [6.07, 6.45) is 0.598. The van der Waals surface area contributed by atoms with Gasteiger partial charge in [0.25, 0.3) is 0 Å². The molecule has 5 nitrogen and oxygen atoms in total. The summed E-state index contributed by atoms with van der Waals surface area (Å²) in [4.78, 5) is 25.1. The van der Waals surface area contributed by atoms with Crippen molar-refractivity contribution in [2.24, 2.45) is 0 Å². The van der Waals surface area contributed by atoms with Gasteiger partial charge in [-0.3, -0.25) is 9.59 Å². The van der Waals surface area contributed by atoms with Crippen LogP contribution in [-0.4, -0.2) is 24.4 Å². The summed E-state index contributed by atoms with van der Waals surface area (Å²) in [6, 6.07) is 12.9. The predicted molar refractivity (Wildman–Crippen MR) is 91.7 cm³/mol. The second-order valence-electron chi connectivity index (χ2n) is 5.94. The third-order valence-corrected chi connectivity index (χ3v) is 4.05. The molecule has 1 aliphatic rings. The van der Waals surface area contributed by atoms with E-state index in [1.165, 1.54) is 19.1 Å². The van der Waals surface area contributed by atoms with Crippen molar-refractivity contribution >= 4 is 17.5 Å². The number of hydrogen-bond acceptors (Lipinski definition) is 3. The molecule has 0 radical (unpaired) electrons. The minimum absolute atomic E-state index is 0.102. The molecule has 130 valence electrons. The molecule has 0 bridgehead atoms. The number of ether oxygens (including phenoxy) is 1. The topological polar surface area (TPSA) is 58.6 Å². The van der Waals surface area contributed by atoms with Crippen LogP contribution in [0.25, 0.3) is 0 Å². The van der Waals surface area contributed by atoms with Gasteiger partial charge in [-0.15, -0.1) is 0 Å². The zero-order valence-electron chi connectivity index (χ0n) is 13.9. The minimum atomic E-state index is -0.452. The zero-order valence-corrected chi connectivity index (χ0v) is 13.9. The van der Waals surface area contributed by atoms with Crippen LogP contribution in [-0.2, 0) is 16.2 Å². The number of carbonyl (C=O) groups excluding carboxylic acids is 2. The molecule has 3 rings (SSSR count). The maximum Gasteiger partial charge on any atom is 0.249 e. The number of rotatable bonds is 5. The second-order valence-corrected chi connectivity index (χ2v) is 5.94. The largest absolute Gasteiger partial charge is 0.489 e. The second kappa shape index (κ2) is 7.34. The van der Waals surface area contributed by atoms with Gasteiger partial charge in [0.05, 0.1) is 0 Å². The molecule has 1 atom stereocenters. The zero-order chi connectivity index (χ0) is 17.8. The van der Waals surface area contributed by atoms with Crippen LogP contribution in [0.15, 0.2) is 48.5 Å². The van der Waals surface area contributed by atoms with Crippen LogP contribution >= 0.6 is 0 Å². The lowest BCUT2D eigenvalue weighted by Crippen LogP contribution is -2.40. The fourth-order valence-corrected chi connectivity index (χ4v) is 2.79. The molecule has 1 saturated heterocycles. The summed E-state index contributed by atoms with van der Waals surface area (Å²) in [7, 11) is 0. The summed E-state index contributed by atoms with van der Waals surface area (Å²) in [5.41, 5.74) is 1.64. The lowest BCUT2D eigenvalue weighted by molar-refractivity contribution is -0.125. The first-order chi connectivity index (χ1) is 12.0. The van der Waals surface area contributed by atoms with Crippen molar-refractivity contribution < 1.29 is 18.7 Å². The number of nitrogens with zero attached hydrogens (tertiary/aromatic N) is 1. The van der Waals surface area contributed by atoms with Crippen molar-refractivity contribution in [2.75, 3.05) is 11.4 Å². The Morgan fingerprint density at radius 1 is 1.20 bits per heavy atom. The SMILES string of the molecule is CC(=O)N[C@H]1CCN(c2ccc(OCc3ccc(F)cc3)cc2)C1=O.